The standard InChI is InChI=1S/C20H23NO3/c1-15-8-10-18(11-9-15)14-19(22)24-16(2)20(23)21-13-12-17-6-4-3-5-7-17/h3-11,16H,12-14H2,1-2H3,(H,21,23)/t16-/m0/s1. The number of amides is 1. The van der Waals surface area contributed by atoms with Crippen molar-refractivity contribution in [3.63, 3.8) is 0 Å². The van der Waals surface area contributed by atoms with E-state index in [1.165, 1.54) is 0 Å². The van der Waals surface area contributed by atoms with Crippen LogP contribution < -0.4 is 5.32 Å². The van der Waals surface area contributed by atoms with Gasteiger partial charge in [-0.05, 0) is 31.4 Å². The Morgan fingerprint density at radius 3 is 2.33 bits per heavy atom. The summed E-state index contributed by atoms with van der Waals surface area (Å²) in [5, 5.41) is 2.79. The number of esters is 1. The molecule has 0 spiro atoms. The third-order valence-corrected chi connectivity index (χ3v) is 3.70. The molecule has 4 heteroatoms. The number of hydrogen-bond donors (Lipinski definition) is 1. The van der Waals surface area contributed by atoms with Gasteiger partial charge in [0.25, 0.3) is 5.91 Å². The van der Waals surface area contributed by atoms with E-state index in [9.17, 15) is 9.59 Å². The Labute approximate surface area is 142 Å². The van der Waals surface area contributed by atoms with E-state index in [4.69, 9.17) is 4.74 Å². The molecule has 0 fully saturated rings. The van der Waals surface area contributed by atoms with Crippen molar-refractivity contribution in [2.45, 2.75) is 32.8 Å². The van der Waals surface area contributed by atoms with Gasteiger partial charge in [-0.2, -0.15) is 0 Å². The first-order valence-electron chi connectivity index (χ1n) is 8.11. The second-order valence-corrected chi connectivity index (χ2v) is 5.82. The Morgan fingerprint density at radius 1 is 1.00 bits per heavy atom. The van der Waals surface area contributed by atoms with Gasteiger partial charge in [0, 0.05) is 6.54 Å². The lowest BCUT2D eigenvalue weighted by Crippen LogP contribution is -2.37. The van der Waals surface area contributed by atoms with Gasteiger partial charge in [0.15, 0.2) is 6.10 Å². The molecule has 0 aliphatic rings. The second-order valence-electron chi connectivity index (χ2n) is 5.82. The van der Waals surface area contributed by atoms with Crippen LogP contribution >= 0.6 is 0 Å². The quantitative estimate of drug-likeness (QED) is 0.797. The monoisotopic (exact) mass is 325 g/mol. The highest BCUT2D eigenvalue weighted by Crippen LogP contribution is 2.06. The molecule has 0 bridgehead atoms. The summed E-state index contributed by atoms with van der Waals surface area (Å²) in [5.74, 6) is -0.673. The normalized spacial score (nSPS) is 11.6. The largest absolute Gasteiger partial charge is 0.452 e. The molecule has 2 rings (SSSR count). The maximum absolute atomic E-state index is 12.0. The lowest BCUT2D eigenvalue weighted by Gasteiger charge is -2.13. The van der Waals surface area contributed by atoms with Gasteiger partial charge in [-0.1, -0.05) is 60.2 Å². The summed E-state index contributed by atoms with van der Waals surface area (Å²) in [6.07, 6.45) is 0.122. The molecule has 1 atom stereocenters. The highest BCUT2D eigenvalue weighted by atomic mass is 16.5. The molecule has 1 amide bonds. The van der Waals surface area contributed by atoms with Crippen molar-refractivity contribution < 1.29 is 14.3 Å². The van der Waals surface area contributed by atoms with Crippen LogP contribution in [-0.4, -0.2) is 24.5 Å². The third-order valence-electron chi connectivity index (χ3n) is 3.70. The van der Waals surface area contributed by atoms with Crippen LogP contribution in [0.4, 0.5) is 0 Å². The maximum Gasteiger partial charge on any atom is 0.311 e. The second kappa shape index (κ2) is 8.87. The van der Waals surface area contributed by atoms with Crippen molar-refractivity contribution in [3.05, 3.63) is 71.3 Å². The average Bonchev–Trinajstić information content (AvgIpc) is 2.57. The minimum absolute atomic E-state index is 0.169. The molecular formula is C20H23NO3. The zero-order valence-corrected chi connectivity index (χ0v) is 14.1. The average molecular weight is 325 g/mol. The summed E-state index contributed by atoms with van der Waals surface area (Å²) in [4.78, 5) is 23.9. The Kier molecular flexibility index (Phi) is 6.55. The van der Waals surface area contributed by atoms with E-state index < -0.39 is 12.1 Å². The summed E-state index contributed by atoms with van der Waals surface area (Å²) in [6.45, 7) is 4.09. The summed E-state index contributed by atoms with van der Waals surface area (Å²) >= 11 is 0. The molecule has 2 aromatic rings. The number of carbonyl (C=O) groups is 2. The van der Waals surface area contributed by atoms with E-state index in [0.717, 1.165) is 23.1 Å². The number of ether oxygens (including phenoxy) is 1. The van der Waals surface area contributed by atoms with Crippen molar-refractivity contribution in [1.82, 2.24) is 5.32 Å². The molecule has 126 valence electrons. The zero-order chi connectivity index (χ0) is 17.4. The van der Waals surface area contributed by atoms with Crippen LogP contribution in [0.1, 0.15) is 23.6 Å². The van der Waals surface area contributed by atoms with Gasteiger partial charge in [-0.25, -0.2) is 0 Å². The number of benzene rings is 2. The molecule has 0 aromatic heterocycles. The molecule has 0 radical (unpaired) electrons. The van der Waals surface area contributed by atoms with Crippen molar-refractivity contribution in [2.24, 2.45) is 0 Å². The highest BCUT2D eigenvalue weighted by molar-refractivity contribution is 5.83. The molecule has 0 unspecified atom stereocenters. The van der Waals surface area contributed by atoms with Gasteiger partial charge in [0.1, 0.15) is 0 Å². The molecule has 4 nitrogen and oxygen atoms in total. The summed E-state index contributed by atoms with van der Waals surface area (Å²) in [7, 11) is 0. The number of nitrogens with one attached hydrogen (secondary N) is 1. The van der Waals surface area contributed by atoms with Crippen molar-refractivity contribution in [2.75, 3.05) is 6.54 Å². The number of hydrogen-bond acceptors (Lipinski definition) is 3. The van der Waals surface area contributed by atoms with Crippen molar-refractivity contribution in [3.8, 4) is 0 Å². The molecular weight excluding hydrogens is 302 g/mol. The summed E-state index contributed by atoms with van der Waals surface area (Å²) < 4.78 is 5.20. The van der Waals surface area contributed by atoms with Crippen LogP contribution in [0.15, 0.2) is 54.6 Å². The summed E-state index contributed by atoms with van der Waals surface area (Å²) in [5.41, 5.74) is 3.17. The van der Waals surface area contributed by atoms with Crippen LogP contribution in [0, 0.1) is 6.92 Å². The molecule has 0 saturated heterocycles. The van der Waals surface area contributed by atoms with Crippen LogP contribution in [-0.2, 0) is 27.2 Å². The van der Waals surface area contributed by atoms with Gasteiger partial charge in [-0.3, -0.25) is 9.59 Å². The fourth-order valence-electron chi connectivity index (χ4n) is 2.28. The Bertz CT molecular complexity index is 665. The third kappa shape index (κ3) is 5.88. The van der Waals surface area contributed by atoms with Crippen molar-refractivity contribution >= 4 is 11.9 Å². The molecule has 2 aromatic carbocycles. The predicted molar refractivity (Wildman–Crippen MR) is 93.6 cm³/mol. The molecule has 0 heterocycles. The van der Waals surface area contributed by atoms with E-state index in [-0.39, 0.29) is 12.3 Å². The minimum atomic E-state index is -0.793. The van der Waals surface area contributed by atoms with Gasteiger partial charge >= 0.3 is 5.97 Å². The van der Waals surface area contributed by atoms with Gasteiger partial charge in [-0.15, -0.1) is 0 Å². The first kappa shape index (κ1) is 17.7. The van der Waals surface area contributed by atoms with Gasteiger partial charge in [0.2, 0.25) is 0 Å². The maximum atomic E-state index is 12.0. The summed E-state index contributed by atoms with van der Waals surface area (Å²) in [6, 6.07) is 17.6. The molecule has 0 aliphatic carbocycles. The van der Waals surface area contributed by atoms with Gasteiger partial charge in [0.05, 0.1) is 6.42 Å². The van der Waals surface area contributed by atoms with E-state index in [1.54, 1.807) is 6.92 Å². The Hall–Kier alpha value is -2.62. The molecule has 1 N–H and O–H groups in total. The Balaban J connectivity index is 1.72. The first-order valence-corrected chi connectivity index (χ1v) is 8.11. The molecule has 0 aliphatic heterocycles. The lowest BCUT2D eigenvalue weighted by molar-refractivity contribution is -0.154. The van der Waals surface area contributed by atoms with Crippen LogP contribution in [0.5, 0.6) is 0 Å². The van der Waals surface area contributed by atoms with E-state index >= 15 is 0 Å². The topological polar surface area (TPSA) is 55.4 Å². The fraction of sp³-hybridized carbons (Fsp3) is 0.300. The van der Waals surface area contributed by atoms with E-state index in [2.05, 4.69) is 5.32 Å². The fourth-order valence-corrected chi connectivity index (χ4v) is 2.28. The number of aryl methyl sites for hydroxylation is 1. The van der Waals surface area contributed by atoms with E-state index in [0.29, 0.717) is 6.54 Å². The van der Waals surface area contributed by atoms with Gasteiger partial charge < -0.3 is 10.1 Å². The predicted octanol–water partition coefficient (Wildman–Crippen LogP) is 2.83. The van der Waals surface area contributed by atoms with Crippen LogP contribution in [0.3, 0.4) is 0 Å². The van der Waals surface area contributed by atoms with Crippen LogP contribution in [0.2, 0.25) is 0 Å². The minimum Gasteiger partial charge on any atom is -0.452 e. The SMILES string of the molecule is Cc1ccc(CC(=O)O[C@@H](C)C(=O)NCCc2ccccc2)cc1. The van der Waals surface area contributed by atoms with E-state index in [1.807, 2.05) is 61.5 Å². The lowest BCUT2D eigenvalue weighted by atomic mass is 10.1. The Morgan fingerprint density at radius 2 is 1.67 bits per heavy atom. The first-order chi connectivity index (χ1) is 11.5. The van der Waals surface area contributed by atoms with Crippen molar-refractivity contribution in [1.29, 1.82) is 0 Å². The highest BCUT2D eigenvalue weighted by Gasteiger charge is 2.17. The smallest absolute Gasteiger partial charge is 0.311 e. The zero-order valence-electron chi connectivity index (χ0n) is 14.1. The number of carbonyl (C=O) groups excluding carboxylic acids is 2. The number of rotatable bonds is 7. The molecule has 0 saturated carbocycles. The molecule has 24 heavy (non-hydrogen) atoms. The van der Waals surface area contributed by atoms with Crippen LogP contribution in [0.25, 0.3) is 0 Å².